The summed E-state index contributed by atoms with van der Waals surface area (Å²) < 4.78 is 0. The highest BCUT2D eigenvalue weighted by atomic mass is 16.1. The molecule has 0 bridgehead atoms. The molecule has 0 aromatic heterocycles. The highest BCUT2D eigenvalue weighted by Crippen LogP contribution is 2.18. The first-order valence-electron chi connectivity index (χ1n) is 7.01. The number of nitrogens with one attached hydrogen (secondary N) is 1. The lowest BCUT2D eigenvalue weighted by atomic mass is 10.1. The molecule has 104 valence electrons. The molecule has 21 heavy (non-hydrogen) atoms. The third-order valence-corrected chi connectivity index (χ3v) is 3.78. The fourth-order valence-corrected chi connectivity index (χ4v) is 2.35. The second kappa shape index (κ2) is 5.41. The van der Waals surface area contributed by atoms with Crippen LogP contribution in [0.5, 0.6) is 0 Å². The van der Waals surface area contributed by atoms with E-state index >= 15 is 0 Å². The van der Waals surface area contributed by atoms with E-state index in [9.17, 15) is 4.79 Å². The number of hydrogen-bond donors (Lipinski definition) is 1. The number of fused-ring (bicyclic) bond motifs is 1. The van der Waals surface area contributed by atoms with Crippen LogP contribution in [0.15, 0.2) is 60.7 Å². The van der Waals surface area contributed by atoms with Crippen molar-refractivity contribution in [1.82, 2.24) is 0 Å². The van der Waals surface area contributed by atoms with Gasteiger partial charge in [-0.25, -0.2) is 0 Å². The normalized spacial score (nSPS) is 10.6. The zero-order chi connectivity index (χ0) is 14.8. The van der Waals surface area contributed by atoms with Crippen LogP contribution in [0.3, 0.4) is 0 Å². The van der Waals surface area contributed by atoms with Crippen molar-refractivity contribution in [3.8, 4) is 0 Å². The summed E-state index contributed by atoms with van der Waals surface area (Å²) in [5.41, 5.74) is 3.90. The topological polar surface area (TPSA) is 29.1 Å². The van der Waals surface area contributed by atoms with Crippen molar-refractivity contribution in [2.45, 2.75) is 13.8 Å². The summed E-state index contributed by atoms with van der Waals surface area (Å²) in [5, 5.41) is 5.17. The SMILES string of the molecule is Cc1ccc(NC(=O)c2ccc3ccccc3c2)cc1C. The maximum atomic E-state index is 12.3. The third kappa shape index (κ3) is 2.79. The number of rotatable bonds is 2. The van der Waals surface area contributed by atoms with Crippen LogP contribution in [0.4, 0.5) is 5.69 Å². The van der Waals surface area contributed by atoms with Crippen molar-refractivity contribution in [3.63, 3.8) is 0 Å². The van der Waals surface area contributed by atoms with Gasteiger partial charge in [-0.05, 0) is 60.0 Å². The van der Waals surface area contributed by atoms with Gasteiger partial charge >= 0.3 is 0 Å². The summed E-state index contributed by atoms with van der Waals surface area (Å²) in [6, 6.07) is 19.7. The molecule has 0 unspecified atom stereocenters. The Labute approximate surface area is 124 Å². The summed E-state index contributed by atoms with van der Waals surface area (Å²) >= 11 is 0. The smallest absolute Gasteiger partial charge is 0.255 e. The highest BCUT2D eigenvalue weighted by molar-refractivity contribution is 6.06. The molecule has 0 saturated carbocycles. The Kier molecular flexibility index (Phi) is 3.44. The molecule has 0 fully saturated rings. The lowest BCUT2D eigenvalue weighted by Crippen LogP contribution is -2.11. The number of carbonyl (C=O) groups is 1. The molecule has 0 heterocycles. The van der Waals surface area contributed by atoms with Crippen LogP contribution in [0.2, 0.25) is 0 Å². The van der Waals surface area contributed by atoms with Crippen molar-refractivity contribution in [2.75, 3.05) is 5.32 Å². The highest BCUT2D eigenvalue weighted by Gasteiger charge is 2.07. The fourth-order valence-electron chi connectivity index (χ4n) is 2.35. The minimum absolute atomic E-state index is 0.0796. The molecule has 0 spiro atoms. The quantitative estimate of drug-likeness (QED) is 0.721. The van der Waals surface area contributed by atoms with E-state index in [1.165, 1.54) is 11.1 Å². The van der Waals surface area contributed by atoms with Gasteiger partial charge in [0.1, 0.15) is 0 Å². The van der Waals surface area contributed by atoms with Gasteiger partial charge in [-0.1, -0.05) is 36.4 Å². The largest absolute Gasteiger partial charge is 0.322 e. The summed E-state index contributed by atoms with van der Waals surface area (Å²) in [6.45, 7) is 4.10. The first kappa shape index (κ1) is 13.4. The molecule has 0 atom stereocenters. The molecule has 3 aromatic rings. The van der Waals surface area contributed by atoms with Crippen LogP contribution >= 0.6 is 0 Å². The Balaban J connectivity index is 1.87. The minimum Gasteiger partial charge on any atom is -0.322 e. The van der Waals surface area contributed by atoms with Crippen LogP contribution in [-0.4, -0.2) is 5.91 Å². The monoisotopic (exact) mass is 275 g/mol. The van der Waals surface area contributed by atoms with E-state index in [1.54, 1.807) is 0 Å². The van der Waals surface area contributed by atoms with E-state index in [1.807, 2.05) is 67.6 Å². The van der Waals surface area contributed by atoms with Gasteiger partial charge in [-0.2, -0.15) is 0 Å². The van der Waals surface area contributed by atoms with E-state index in [0.29, 0.717) is 5.56 Å². The Morgan fingerprint density at radius 2 is 1.57 bits per heavy atom. The molecule has 0 aliphatic rings. The van der Waals surface area contributed by atoms with Crippen LogP contribution < -0.4 is 5.32 Å². The van der Waals surface area contributed by atoms with Crippen LogP contribution in [0, 0.1) is 13.8 Å². The minimum atomic E-state index is -0.0796. The number of anilines is 1. The molecule has 2 heteroatoms. The van der Waals surface area contributed by atoms with Gasteiger partial charge < -0.3 is 5.32 Å². The molecule has 0 aliphatic carbocycles. The van der Waals surface area contributed by atoms with E-state index < -0.39 is 0 Å². The van der Waals surface area contributed by atoms with Gasteiger partial charge in [0.15, 0.2) is 0 Å². The average molecular weight is 275 g/mol. The van der Waals surface area contributed by atoms with E-state index in [0.717, 1.165) is 16.5 Å². The van der Waals surface area contributed by atoms with Crippen LogP contribution in [-0.2, 0) is 0 Å². The Morgan fingerprint density at radius 1 is 0.810 bits per heavy atom. The zero-order valence-electron chi connectivity index (χ0n) is 12.2. The van der Waals surface area contributed by atoms with Gasteiger partial charge in [-0.15, -0.1) is 0 Å². The lowest BCUT2D eigenvalue weighted by Gasteiger charge is -2.08. The molecule has 3 aromatic carbocycles. The van der Waals surface area contributed by atoms with Gasteiger partial charge in [0.05, 0.1) is 0 Å². The zero-order valence-corrected chi connectivity index (χ0v) is 12.2. The summed E-state index contributed by atoms with van der Waals surface area (Å²) in [5.74, 6) is -0.0796. The molecule has 0 aliphatic heterocycles. The van der Waals surface area contributed by atoms with Gasteiger partial charge in [-0.3, -0.25) is 4.79 Å². The van der Waals surface area contributed by atoms with Crippen molar-refractivity contribution in [2.24, 2.45) is 0 Å². The molecule has 2 nitrogen and oxygen atoms in total. The number of aryl methyl sites for hydroxylation is 2. The second-order valence-electron chi connectivity index (χ2n) is 5.32. The standard InChI is InChI=1S/C19H17NO/c1-13-7-10-18(11-14(13)2)20-19(21)17-9-8-15-5-3-4-6-16(15)12-17/h3-12H,1-2H3,(H,20,21). The van der Waals surface area contributed by atoms with Crippen molar-refractivity contribution >= 4 is 22.4 Å². The van der Waals surface area contributed by atoms with Crippen LogP contribution in [0.1, 0.15) is 21.5 Å². The maximum absolute atomic E-state index is 12.3. The molecule has 0 saturated heterocycles. The number of carbonyl (C=O) groups excluding carboxylic acids is 1. The average Bonchev–Trinajstić information content (AvgIpc) is 2.50. The first-order chi connectivity index (χ1) is 10.1. The molecular formula is C19H17NO. The predicted molar refractivity (Wildman–Crippen MR) is 87.8 cm³/mol. The molecule has 3 rings (SSSR count). The van der Waals surface area contributed by atoms with Crippen molar-refractivity contribution in [1.29, 1.82) is 0 Å². The lowest BCUT2D eigenvalue weighted by molar-refractivity contribution is 0.102. The Morgan fingerprint density at radius 3 is 2.33 bits per heavy atom. The summed E-state index contributed by atoms with van der Waals surface area (Å²) in [4.78, 5) is 12.3. The van der Waals surface area contributed by atoms with E-state index in [2.05, 4.69) is 12.2 Å². The summed E-state index contributed by atoms with van der Waals surface area (Å²) in [6.07, 6.45) is 0. The van der Waals surface area contributed by atoms with Gasteiger partial charge in [0.25, 0.3) is 5.91 Å². The van der Waals surface area contributed by atoms with Gasteiger partial charge in [0.2, 0.25) is 0 Å². The fraction of sp³-hybridized carbons (Fsp3) is 0.105. The summed E-state index contributed by atoms with van der Waals surface area (Å²) in [7, 11) is 0. The van der Waals surface area contributed by atoms with E-state index in [4.69, 9.17) is 0 Å². The van der Waals surface area contributed by atoms with Crippen molar-refractivity contribution in [3.05, 3.63) is 77.4 Å². The molecule has 1 N–H and O–H groups in total. The second-order valence-corrected chi connectivity index (χ2v) is 5.32. The number of amides is 1. The first-order valence-corrected chi connectivity index (χ1v) is 7.01. The van der Waals surface area contributed by atoms with Crippen LogP contribution in [0.25, 0.3) is 10.8 Å². The maximum Gasteiger partial charge on any atom is 0.255 e. The van der Waals surface area contributed by atoms with Gasteiger partial charge in [0, 0.05) is 11.3 Å². The third-order valence-electron chi connectivity index (χ3n) is 3.78. The van der Waals surface area contributed by atoms with E-state index in [-0.39, 0.29) is 5.91 Å². The predicted octanol–water partition coefficient (Wildman–Crippen LogP) is 4.71. The Hall–Kier alpha value is -2.61. The molecule has 0 radical (unpaired) electrons. The number of hydrogen-bond acceptors (Lipinski definition) is 1. The molecule has 1 amide bonds. The Bertz CT molecular complexity index is 821. The molecular weight excluding hydrogens is 258 g/mol. The van der Waals surface area contributed by atoms with Crippen molar-refractivity contribution < 1.29 is 4.79 Å². The number of benzene rings is 3.